The Morgan fingerprint density at radius 3 is 2.31 bits per heavy atom. The molecule has 0 aliphatic carbocycles. The lowest BCUT2D eigenvalue weighted by Crippen LogP contribution is -2.34. The standard InChI is InChI=1S/C12H23N/c1-5-12-6-8-13(9-7-12)11(4)10(2)3/h10,12H,4-9H2,1-3H3. The minimum Gasteiger partial charge on any atom is -0.375 e. The zero-order chi connectivity index (χ0) is 9.84. The SMILES string of the molecule is C=C(C(C)C)N1CCC(CC)CC1. The van der Waals surface area contributed by atoms with E-state index in [1.165, 1.54) is 38.0 Å². The van der Waals surface area contributed by atoms with Crippen LogP contribution in [0.25, 0.3) is 0 Å². The average molecular weight is 181 g/mol. The minimum absolute atomic E-state index is 0.609. The molecule has 1 nitrogen and oxygen atoms in total. The predicted molar refractivity (Wildman–Crippen MR) is 58.6 cm³/mol. The molecule has 0 bridgehead atoms. The van der Waals surface area contributed by atoms with Crippen molar-refractivity contribution in [1.29, 1.82) is 0 Å². The molecule has 1 heteroatoms. The lowest BCUT2D eigenvalue weighted by atomic mass is 9.93. The van der Waals surface area contributed by atoms with Gasteiger partial charge in [-0.25, -0.2) is 0 Å². The van der Waals surface area contributed by atoms with Crippen molar-refractivity contribution in [3.8, 4) is 0 Å². The summed E-state index contributed by atoms with van der Waals surface area (Å²) in [5.74, 6) is 1.58. The average Bonchev–Trinajstić information content (AvgIpc) is 2.17. The molecule has 1 aliphatic heterocycles. The van der Waals surface area contributed by atoms with Crippen molar-refractivity contribution in [3.63, 3.8) is 0 Å². The summed E-state index contributed by atoms with van der Waals surface area (Å²) >= 11 is 0. The fourth-order valence-corrected chi connectivity index (χ4v) is 1.99. The first-order valence-corrected chi connectivity index (χ1v) is 5.58. The summed E-state index contributed by atoms with van der Waals surface area (Å²) in [6, 6.07) is 0. The lowest BCUT2D eigenvalue weighted by Gasteiger charge is -2.35. The monoisotopic (exact) mass is 181 g/mol. The normalized spacial score (nSPS) is 19.5. The molecule has 0 saturated carbocycles. The van der Waals surface area contributed by atoms with E-state index in [1.54, 1.807) is 0 Å². The molecular weight excluding hydrogens is 158 g/mol. The highest BCUT2D eigenvalue weighted by atomic mass is 15.1. The smallest absolute Gasteiger partial charge is 0.0177 e. The van der Waals surface area contributed by atoms with Gasteiger partial charge in [-0.2, -0.15) is 0 Å². The molecule has 76 valence electrons. The van der Waals surface area contributed by atoms with Gasteiger partial charge in [0.2, 0.25) is 0 Å². The molecule has 0 spiro atoms. The van der Waals surface area contributed by atoms with E-state index in [0.29, 0.717) is 5.92 Å². The van der Waals surface area contributed by atoms with Gasteiger partial charge in [0.15, 0.2) is 0 Å². The second-order valence-electron chi connectivity index (χ2n) is 4.48. The highest BCUT2D eigenvalue weighted by molar-refractivity contribution is 4.98. The zero-order valence-electron chi connectivity index (χ0n) is 9.34. The van der Waals surface area contributed by atoms with Gasteiger partial charge in [0, 0.05) is 18.8 Å². The Balaban J connectivity index is 2.36. The Hall–Kier alpha value is -0.460. The van der Waals surface area contributed by atoms with Crippen LogP contribution >= 0.6 is 0 Å². The highest BCUT2D eigenvalue weighted by Crippen LogP contribution is 2.24. The molecule has 0 aromatic heterocycles. The molecular formula is C12H23N. The van der Waals surface area contributed by atoms with Crippen molar-refractivity contribution < 1.29 is 0 Å². The summed E-state index contributed by atoms with van der Waals surface area (Å²) < 4.78 is 0. The Morgan fingerprint density at radius 1 is 1.38 bits per heavy atom. The van der Waals surface area contributed by atoms with E-state index >= 15 is 0 Å². The van der Waals surface area contributed by atoms with Gasteiger partial charge in [-0.15, -0.1) is 0 Å². The van der Waals surface area contributed by atoms with E-state index in [2.05, 4.69) is 32.3 Å². The van der Waals surface area contributed by atoms with Gasteiger partial charge >= 0.3 is 0 Å². The van der Waals surface area contributed by atoms with Crippen LogP contribution in [0.15, 0.2) is 12.3 Å². The first-order chi connectivity index (χ1) is 6.15. The fourth-order valence-electron chi connectivity index (χ4n) is 1.99. The second-order valence-corrected chi connectivity index (χ2v) is 4.48. The number of hydrogen-bond donors (Lipinski definition) is 0. The molecule has 1 heterocycles. The van der Waals surface area contributed by atoms with Crippen molar-refractivity contribution in [3.05, 3.63) is 12.3 Å². The molecule has 13 heavy (non-hydrogen) atoms. The number of nitrogens with zero attached hydrogens (tertiary/aromatic N) is 1. The van der Waals surface area contributed by atoms with E-state index < -0.39 is 0 Å². The molecule has 0 aromatic rings. The van der Waals surface area contributed by atoms with Crippen molar-refractivity contribution in [2.75, 3.05) is 13.1 Å². The first kappa shape index (κ1) is 10.6. The maximum atomic E-state index is 4.15. The molecule has 0 amide bonds. The quantitative estimate of drug-likeness (QED) is 0.646. The summed E-state index contributed by atoms with van der Waals surface area (Å²) in [5.41, 5.74) is 1.33. The van der Waals surface area contributed by atoms with Crippen LogP contribution in [0.5, 0.6) is 0 Å². The largest absolute Gasteiger partial charge is 0.375 e. The summed E-state index contributed by atoms with van der Waals surface area (Å²) in [4.78, 5) is 2.47. The third-order valence-corrected chi connectivity index (χ3v) is 3.26. The lowest BCUT2D eigenvalue weighted by molar-refractivity contribution is 0.209. The van der Waals surface area contributed by atoms with Gasteiger partial charge in [0.05, 0.1) is 0 Å². The van der Waals surface area contributed by atoms with E-state index in [-0.39, 0.29) is 0 Å². The van der Waals surface area contributed by atoms with Crippen molar-refractivity contribution in [2.45, 2.75) is 40.0 Å². The zero-order valence-corrected chi connectivity index (χ0v) is 9.34. The Labute approximate surface area is 82.8 Å². The summed E-state index contributed by atoms with van der Waals surface area (Å²) in [6.07, 6.45) is 4.08. The molecule has 1 saturated heterocycles. The van der Waals surface area contributed by atoms with Crippen LogP contribution < -0.4 is 0 Å². The third-order valence-electron chi connectivity index (χ3n) is 3.26. The maximum absolute atomic E-state index is 4.15. The van der Waals surface area contributed by atoms with Crippen LogP contribution in [0.4, 0.5) is 0 Å². The number of hydrogen-bond acceptors (Lipinski definition) is 1. The van der Waals surface area contributed by atoms with Gasteiger partial charge in [0.1, 0.15) is 0 Å². The van der Waals surface area contributed by atoms with Crippen LogP contribution in [0.1, 0.15) is 40.0 Å². The molecule has 0 radical (unpaired) electrons. The van der Waals surface area contributed by atoms with Crippen LogP contribution in [0.3, 0.4) is 0 Å². The number of likely N-dealkylation sites (tertiary alicyclic amines) is 1. The fraction of sp³-hybridized carbons (Fsp3) is 0.833. The summed E-state index contributed by atoms with van der Waals surface area (Å²) in [6.45, 7) is 13.4. The molecule has 1 aliphatic rings. The van der Waals surface area contributed by atoms with Gasteiger partial charge in [-0.1, -0.05) is 33.8 Å². The number of piperidine rings is 1. The van der Waals surface area contributed by atoms with E-state index in [0.717, 1.165) is 5.92 Å². The second kappa shape index (κ2) is 4.69. The van der Waals surface area contributed by atoms with Crippen molar-refractivity contribution >= 4 is 0 Å². The van der Waals surface area contributed by atoms with Crippen LogP contribution in [-0.4, -0.2) is 18.0 Å². The highest BCUT2D eigenvalue weighted by Gasteiger charge is 2.19. The molecule has 0 unspecified atom stereocenters. The number of rotatable bonds is 3. The van der Waals surface area contributed by atoms with Crippen LogP contribution in [-0.2, 0) is 0 Å². The van der Waals surface area contributed by atoms with Gasteiger partial charge in [0.25, 0.3) is 0 Å². The van der Waals surface area contributed by atoms with Crippen LogP contribution in [0.2, 0.25) is 0 Å². The molecule has 1 rings (SSSR count). The summed E-state index contributed by atoms with van der Waals surface area (Å²) in [7, 11) is 0. The Kier molecular flexibility index (Phi) is 3.83. The maximum Gasteiger partial charge on any atom is 0.0177 e. The van der Waals surface area contributed by atoms with E-state index in [4.69, 9.17) is 0 Å². The van der Waals surface area contributed by atoms with E-state index in [1.807, 2.05) is 0 Å². The Morgan fingerprint density at radius 2 is 1.92 bits per heavy atom. The molecule has 0 atom stereocenters. The van der Waals surface area contributed by atoms with Gasteiger partial charge < -0.3 is 4.90 Å². The van der Waals surface area contributed by atoms with Gasteiger partial charge in [-0.3, -0.25) is 0 Å². The minimum atomic E-state index is 0.609. The predicted octanol–water partition coefficient (Wildman–Crippen LogP) is 3.28. The van der Waals surface area contributed by atoms with Crippen LogP contribution in [0, 0.1) is 11.8 Å². The van der Waals surface area contributed by atoms with Crippen molar-refractivity contribution in [1.82, 2.24) is 4.90 Å². The molecule has 0 aromatic carbocycles. The molecule has 0 N–H and O–H groups in total. The first-order valence-electron chi connectivity index (χ1n) is 5.58. The van der Waals surface area contributed by atoms with E-state index in [9.17, 15) is 0 Å². The molecule has 1 fully saturated rings. The topological polar surface area (TPSA) is 3.24 Å². The van der Waals surface area contributed by atoms with Gasteiger partial charge in [-0.05, 0) is 24.7 Å². The Bertz CT molecular complexity index is 164. The summed E-state index contributed by atoms with van der Waals surface area (Å²) in [5, 5.41) is 0. The third kappa shape index (κ3) is 2.75. The number of allylic oxidation sites excluding steroid dienone is 1. The van der Waals surface area contributed by atoms with Crippen molar-refractivity contribution in [2.24, 2.45) is 11.8 Å².